The van der Waals surface area contributed by atoms with Gasteiger partial charge in [-0.05, 0) is 49.4 Å². The van der Waals surface area contributed by atoms with E-state index in [2.05, 4.69) is 17.6 Å². The van der Waals surface area contributed by atoms with Crippen molar-refractivity contribution in [1.82, 2.24) is 5.32 Å². The third-order valence-electron chi connectivity index (χ3n) is 3.61. The molecule has 4 nitrogen and oxygen atoms in total. The highest BCUT2D eigenvalue weighted by Gasteiger charge is 2.29. The van der Waals surface area contributed by atoms with E-state index in [1.54, 1.807) is 7.05 Å². The lowest BCUT2D eigenvalue weighted by Gasteiger charge is -2.32. The molecule has 1 aliphatic rings. The first-order valence-corrected chi connectivity index (χ1v) is 6.25. The molecule has 98 valence electrons. The van der Waals surface area contributed by atoms with Gasteiger partial charge >= 0.3 is 6.03 Å². The Morgan fingerprint density at radius 3 is 2.78 bits per heavy atom. The summed E-state index contributed by atoms with van der Waals surface area (Å²) in [4.78, 5) is 11.4. The summed E-state index contributed by atoms with van der Waals surface area (Å²) in [5, 5.41) is 15.6. The number of urea groups is 1. The molecule has 0 heterocycles. The minimum Gasteiger partial charge on any atom is -0.390 e. The molecule has 1 atom stereocenters. The largest absolute Gasteiger partial charge is 0.390 e. The number of hydrogen-bond acceptors (Lipinski definition) is 2. The highest BCUT2D eigenvalue weighted by atomic mass is 16.3. The van der Waals surface area contributed by atoms with Gasteiger partial charge in [-0.3, -0.25) is 0 Å². The quantitative estimate of drug-likeness (QED) is 0.711. The Kier molecular flexibility index (Phi) is 3.30. The van der Waals surface area contributed by atoms with Gasteiger partial charge in [0.05, 0.1) is 5.60 Å². The van der Waals surface area contributed by atoms with Crippen molar-refractivity contribution in [3.8, 4) is 0 Å². The van der Waals surface area contributed by atoms with Gasteiger partial charge in [-0.2, -0.15) is 0 Å². The van der Waals surface area contributed by atoms with Crippen LogP contribution < -0.4 is 10.6 Å². The minimum atomic E-state index is -0.681. The lowest BCUT2D eigenvalue weighted by atomic mass is 9.79. The minimum absolute atomic E-state index is 0.230. The summed E-state index contributed by atoms with van der Waals surface area (Å²) in [7, 11) is 1.59. The van der Waals surface area contributed by atoms with E-state index in [1.165, 1.54) is 11.1 Å². The maximum absolute atomic E-state index is 11.4. The van der Waals surface area contributed by atoms with Gasteiger partial charge in [0.1, 0.15) is 0 Å². The molecule has 0 unspecified atom stereocenters. The number of nitrogens with one attached hydrogen (secondary N) is 2. The SMILES string of the molecule is CNC(=O)Nc1ccc(C)c2c1C[C@@](C)(O)CC2. The maximum atomic E-state index is 11.4. The van der Waals surface area contributed by atoms with Gasteiger partial charge < -0.3 is 15.7 Å². The second-order valence-electron chi connectivity index (χ2n) is 5.26. The van der Waals surface area contributed by atoms with Crippen molar-refractivity contribution in [1.29, 1.82) is 0 Å². The van der Waals surface area contributed by atoms with Crippen molar-refractivity contribution >= 4 is 11.7 Å². The summed E-state index contributed by atoms with van der Waals surface area (Å²) < 4.78 is 0. The number of hydrogen-bond donors (Lipinski definition) is 3. The Morgan fingerprint density at radius 2 is 2.11 bits per heavy atom. The second kappa shape index (κ2) is 4.61. The zero-order chi connectivity index (χ0) is 13.3. The number of benzene rings is 1. The van der Waals surface area contributed by atoms with Gasteiger partial charge in [0.2, 0.25) is 0 Å². The molecule has 1 aliphatic carbocycles. The monoisotopic (exact) mass is 248 g/mol. The summed E-state index contributed by atoms with van der Waals surface area (Å²) >= 11 is 0. The number of aryl methyl sites for hydroxylation is 1. The van der Waals surface area contributed by atoms with Crippen molar-refractivity contribution in [2.24, 2.45) is 0 Å². The summed E-state index contributed by atoms with van der Waals surface area (Å²) in [6, 6.07) is 3.70. The van der Waals surface area contributed by atoms with Crippen molar-refractivity contribution < 1.29 is 9.90 Å². The molecule has 1 aromatic rings. The van der Waals surface area contributed by atoms with E-state index in [0.29, 0.717) is 6.42 Å². The van der Waals surface area contributed by atoms with E-state index in [9.17, 15) is 9.90 Å². The van der Waals surface area contributed by atoms with Gasteiger partial charge in [-0.25, -0.2) is 4.79 Å². The van der Waals surface area contributed by atoms with Gasteiger partial charge in [0, 0.05) is 19.2 Å². The first kappa shape index (κ1) is 12.9. The van der Waals surface area contributed by atoms with Crippen LogP contribution in [0.3, 0.4) is 0 Å². The molecule has 3 N–H and O–H groups in total. The number of carbonyl (C=O) groups is 1. The summed E-state index contributed by atoms with van der Waals surface area (Å²) in [5.41, 5.74) is 3.67. The fourth-order valence-corrected chi connectivity index (χ4v) is 2.53. The van der Waals surface area contributed by atoms with Crippen LogP contribution in [0, 0.1) is 6.92 Å². The standard InChI is InChI=1S/C14H20N2O2/c1-9-4-5-12(16-13(17)15-3)11-8-14(2,18)7-6-10(9)11/h4-5,18H,6-8H2,1-3H3,(H2,15,16,17)/t14-/m0/s1. The molecule has 4 heteroatoms. The number of carbonyl (C=O) groups excluding carboxylic acids is 1. The zero-order valence-electron chi connectivity index (χ0n) is 11.1. The van der Waals surface area contributed by atoms with E-state index < -0.39 is 5.60 Å². The Labute approximate surface area is 107 Å². The van der Waals surface area contributed by atoms with Crippen LogP contribution in [0.5, 0.6) is 0 Å². The van der Waals surface area contributed by atoms with Gasteiger partial charge in [0.25, 0.3) is 0 Å². The van der Waals surface area contributed by atoms with E-state index in [4.69, 9.17) is 0 Å². The topological polar surface area (TPSA) is 61.4 Å². The predicted octanol–water partition coefficient (Wildman–Crippen LogP) is 1.99. The van der Waals surface area contributed by atoms with Crippen LogP contribution in [-0.2, 0) is 12.8 Å². The third-order valence-corrected chi connectivity index (χ3v) is 3.61. The highest BCUT2D eigenvalue weighted by Crippen LogP contribution is 2.34. The van der Waals surface area contributed by atoms with Gasteiger partial charge in [-0.15, -0.1) is 0 Å². The molecule has 0 aromatic heterocycles. The Balaban J connectivity index is 2.40. The molecule has 0 aliphatic heterocycles. The fourth-order valence-electron chi connectivity index (χ4n) is 2.53. The van der Waals surface area contributed by atoms with E-state index >= 15 is 0 Å². The Morgan fingerprint density at radius 1 is 1.39 bits per heavy atom. The summed E-state index contributed by atoms with van der Waals surface area (Å²) in [5.74, 6) is 0. The lowest BCUT2D eigenvalue weighted by molar-refractivity contribution is 0.0460. The van der Waals surface area contributed by atoms with E-state index in [1.807, 2.05) is 19.1 Å². The van der Waals surface area contributed by atoms with Crippen molar-refractivity contribution in [2.45, 2.75) is 38.7 Å². The molecule has 2 rings (SSSR count). The first-order valence-electron chi connectivity index (χ1n) is 6.25. The van der Waals surface area contributed by atoms with Crippen LogP contribution in [0.25, 0.3) is 0 Å². The summed E-state index contributed by atoms with van der Waals surface area (Å²) in [6.07, 6.45) is 2.21. The van der Waals surface area contributed by atoms with E-state index in [-0.39, 0.29) is 6.03 Å². The molecule has 2 amide bonds. The predicted molar refractivity (Wildman–Crippen MR) is 71.9 cm³/mol. The molecule has 0 spiro atoms. The third kappa shape index (κ3) is 2.48. The molecule has 18 heavy (non-hydrogen) atoms. The molecule has 0 bridgehead atoms. The average Bonchev–Trinajstić information content (AvgIpc) is 2.31. The van der Waals surface area contributed by atoms with Crippen LogP contribution in [0.2, 0.25) is 0 Å². The number of amides is 2. The number of aliphatic hydroxyl groups is 1. The Bertz CT molecular complexity index is 481. The lowest BCUT2D eigenvalue weighted by Crippen LogP contribution is -2.34. The van der Waals surface area contributed by atoms with Gasteiger partial charge in [0.15, 0.2) is 0 Å². The van der Waals surface area contributed by atoms with Crippen molar-refractivity contribution in [2.75, 3.05) is 12.4 Å². The second-order valence-corrected chi connectivity index (χ2v) is 5.26. The van der Waals surface area contributed by atoms with Crippen LogP contribution in [0.1, 0.15) is 30.0 Å². The smallest absolute Gasteiger partial charge is 0.318 e. The molecule has 0 saturated carbocycles. The maximum Gasteiger partial charge on any atom is 0.318 e. The summed E-state index contributed by atoms with van der Waals surface area (Å²) in [6.45, 7) is 3.92. The van der Waals surface area contributed by atoms with Crippen LogP contribution in [0.4, 0.5) is 10.5 Å². The zero-order valence-corrected chi connectivity index (χ0v) is 11.1. The fraction of sp³-hybridized carbons (Fsp3) is 0.500. The molecule has 0 fully saturated rings. The van der Waals surface area contributed by atoms with Crippen LogP contribution >= 0.6 is 0 Å². The van der Waals surface area contributed by atoms with Crippen molar-refractivity contribution in [3.05, 3.63) is 28.8 Å². The average molecular weight is 248 g/mol. The van der Waals surface area contributed by atoms with E-state index in [0.717, 1.165) is 24.1 Å². The highest BCUT2D eigenvalue weighted by molar-refractivity contribution is 5.90. The first-order chi connectivity index (χ1) is 8.43. The molecule has 0 saturated heterocycles. The van der Waals surface area contributed by atoms with Crippen LogP contribution in [0.15, 0.2) is 12.1 Å². The molecule has 1 aromatic carbocycles. The molecular formula is C14H20N2O2. The van der Waals surface area contributed by atoms with Crippen molar-refractivity contribution in [3.63, 3.8) is 0 Å². The van der Waals surface area contributed by atoms with Gasteiger partial charge in [-0.1, -0.05) is 6.07 Å². The number of fused-ring (bicyclic) bond motifs is 1. The van der Waals surface area contributed by atoms with Crippen LogP contribution in [-0.4, -0.2) is 23.8 Å². The normalized spacial score (nSPS) is 22.2. The number of rotatable bonds is 1. The molecule has 0 radical (unpaired) electrons. The number of anilines is 1. The Hall–Kier alpha value is -1.55. The molecular weight excluding hydrogens is 228 g/mol.